The van der Waals surface area contributed by atoms with Gasteiger partial charge in [-0.1, -0.05) is 29.8 Å². The summed E-state index contributed by atoms with van der Waals surface area (Å²) in [5.74, 6) is 1.91. The lowest BCUT2D eigenvalue weighted by Gasteiger charge is -2.27. The van der Waals surface area contributed by atoms with Gasteiger partial charge < -0.3 is 10.2 Å². The van der Waals surface area contributed by atoms with Crippen LogP contribution in [0, 0.1) is 6.92 Å². The minimum atomic E-state index is -0.142. The van der Waals surface area contributed by atoms with Gasteiger partial charge in [-0.2, -0.15) is 9.78 Å². The van der Waals surface area contributed by atoms with Gasteiger partial charge in [0.05, 0.1) is 5.69 Å². The van der Waals surface area contributed by atoms with Gasteiger partial charge in [0, 0.05) is 36.0 Å². The summed E-state index contributed by atoms with van der Waals surface area (Å²) < 4.78 is 1.68. The fourth-order valence-electron chi connectivity index (χ4n) is 4.46. The molecule has 8 heteroatoms. The van der Waals surface area contributed by atoms with Gasteiger partial charge in [-0.3, -0.25) is 4.79 Å². The lowest BCUT2D eigenvalue weighted by molar-refractivity contribution is -0.116. The topological polar surface area (TPSA) is 75.9 Å². The molecule has 0 radical (unpaired) electrons. The Bertz CT molecular complexity index is 1090. The molecular formula is C22H23ClN6O. The van der Waals surface area contributed by atoms with Crippen molar-refractivity contribution < 1.29 is 4.79 Å². The molecule has 4 heterocycles. The molecule has 2 aliphatic rings. The Labute approximate surface area is 180 Å². The number of carbonyl (C=O) groups is 1. The first-order chi connectivity index (χ1) is 14.6. The van der Waals surface area contributed by atoms with E-state index in [-0.39, 0.29) is 11.8 Å². The summed E-state index contributed by atoms with van der Waals surface area (Å²) in [6.07, 6.45) is 3.98. The van der Waals surface area contributed by atoms with Crippen LogP contribution < -0.4 is 10.2 Å². The number of aryl methyl sites for hydroxylation is 1. The van der Waals surface area contributed by atoms with E-state index in [1.54, 1.807) is 4.68 Å². The standard InChI is InChI=1S/C22H23ClN6O/c1-14-21-16(15-7-3-4-8-17(15)23)13-20(30)24-22(21)29(27-14)19-10-9-18(25-26-19)28-11-5-2-6-12-28/h3-4,7-10,16H,2,5-6,11-13H2,1H3,(H,24,30)/t16-/m0/s1. The zero-order valence-corrected chi connectivity index (χ0v) is 17.6. The van der Waals surface area contributed by atoms with Crippen molar-refractivity contribution in [1.29, 1.82) is 0 Å². The largest absolute Gasteiger partial charge is 0.355 e. The van der Waals surface area contributed by atoms with Crippen molar-refractivity contribution in [3.63, 3.8) is 0 Å². The second-order valence-electron chi connectivity index (χ2n) is 7.88. The van der Waals surface area contributed by atoms with E-state index in [0.29, 0.717) is 23.1 Å². The summed E-state index contributed by atoms with van der Waals surface area (Å²) in [4.78, 5) is 14.8. The number of amides is 1. The number of piperidine rings is 1. The maximum Gasteiger partial charge on any atom is 0.226 e. The number of nitrogens with zero attached hydrogens (tertiary/aromatic N) is 5. The number of hydrogen-bond donors (Lipinski definition) is 1. The number of carbonyl (C=O) groups excluding carboxylic acids is 1. The van der Waals surface area contributed by atoms with Gasteiger partial charge in [0.2, 0.25) is 5.91 Å². The zero-order valence-electron chi connectivity index (χ0n) is 16.8. The molecule has 2 aromatic heterocycles. The molecule has 0 bridgehead atoms. The van der Waals surface area contributed by atoms with E-state index < -0.39 is 0 Å². The predicted molar refractivity (Wildman–Crippen MR) is 116 cm³/mol. The Hall–Kier alpha value is -2.93. The number of fused-ring (bicyclic) bond motifs is 1. The van der Waals surface area contributed by atoms with Gasteiger partial charge in [0.25, 0.3) is 0 Å². The predicted octanol–water partition coefficient (Wildman–Crippen LogP) is 4.09. The zero-order chi connectivity index (χ0) is 20.7. The average Bonchev–Trinajstić information content (AvgIpc) is 3.10. The first-order valence-electron chi connectivity index (χ1n) is 10.3. The highest BCUT2D eigenvalue weighted by Crippen LogP contribution is 2.42. The third-order valence-electron chi connectivity index (χ3n) is 5.92. The van der Waals surface area contributed by atoms with Crippen LogP contribution in [0.15, 0.2) is 36.4 Å². The van der Waals surface area contributed by atoms with Crippen molar-refractivity contribution in [2.24, 2.45) is 0 Å². The Kier molecular flexibility index (Phi) is 4.90. The van der Waals surface area contributed by atoms with E-state index in [1.807, 2.05) is 43.3 Å². The Balaban J connectivity index is 1.53. The molecule has 1 N–H and O–H groups in total. The number of benzene rings is 1. The Morgan fingerprint density at radius 3 is 2.50 bits per heavy atom. The molecule has 1 fully saturated rings. The monoisotopic (exact) mass is 422 g/mol. The van der Waals surface area contributed by atoms with Crippen molar-refractivity contribution in [3.8, 4) is 5.82 Å². The molecule has 5 rings (SSSR count). The molecule has 0 aliphatic carbocycles. The van der Waals surface area contributed by atoms with Gasteiger partial charge in [0.1, 0.15) is 5.82 Å². The normalized spacial score (nSPS) is 18.8. The molecule has 0 unspecified atom stereocenters. The van der Waals surface area contributed by atoms with Gasteiger partial charge in [-0.15, -0.1) is 10.2 Å². The number of nitrogens with one attached hydrogen (secondary N) is 1. The van der Waals surface area contributed by atoms with Gasteiger partial charge in [-0.25, -0.2) is 0 Å². The summed E-state index contributed by atoms with van der Waals surface area (Å²) >= 11 is 6.45. The van der Waals surface area contributed by atoms with Crippen LogP contribution in [-0.2, 0) is 4.79 Å². The third kappa shape index (κ3) is 3.33. The first kappa shape index (κ1) is 19.1. The summed E-state index contributed by atoms with van der Waals surface area (Å²) in [5, 5.41) is 17.2. The van der Waals surface area contributed by atoms with Crippen molar-refractivity contribution in [3.05, 3.63) is 58.2 Å². The quantitative estimate of drug-likeness (QED) is 0.688. The highest BCUT2D eigenvalue weighted by Gasteiger charge is 2.33. The molecule has 2 aliphatic heterocycles. The van der Waals surface area contributed by atoms with Crippen LogP contribution in [0.4, 0.5) is 11.6 Å². The van der Waals surface area contributed by atoms with E-state index >= 15 is 0 Å². The van der Waals surface area contributed by atoms with Crippen LogP contribution in [0.5, 0.6) is 0 Å². The number of aromatic nitrogens is 4. The fraction of sp³-hybridized carbons (Fsp3) is 0.364. The van der Waals surface area contributed by atoms with Crippen LogP contribution in [-0.4, -0.2) is 39.0 Å². The number of rotatable bonds is 3. The van der Waals surface area contributed by atoms with E-state index in [4.69, 9.17) is 11.6 Å². The van der Waals surface area contributed by atoms with Gasteiger partial charge >= 0.3 is 0 Å². The van der Waals surface area contributed by atoms with E-state index in [2.05, 4.69) is 25.5 Å². The summed E-state index contributed by atoms with van der Waals surface area (Å²) in [5.41, 5.74) is 2.76. The minimum absolute atomic E-state index is 0.0635. The van der Waals surface area contributed by atoms with E-state index in [1.165, 1.54) is 19.3 Å². The van der Waals surface area contributed by atoms with Crippen molar-refractivity contribution in [2.75, 3.05) is 23.3 Å². The van der Waals surface area contributed by atoms with Crippen LogP contribution >= 0.6 is 11.6 Å². The molecule has 3 aromatic rings. The Morgan fingerprint density at radius 1 is 1.03 bits per heavy atom. The molecule has 7 nitrogen and oxygen atoms in total. The maximum atomic E-state index is 12.5. The molecule has 0 saturated carbocycles. The SMILES string of the molecule is Cc1nn(-c2ccc(N3CCCCC3)nn2)c2c1[C@H](c1ccccc1Cl)CC(=O)N2. The highest BCUT2D eigenvalue weighted by atomic mass is 35.5. The van der Waals surface area contributed by atoms with E-state index in [9.17, 15) is 4.79 Å². The highest BCUT2D eigenvalue weighted by molar-refractivity contribution is 6.31. The molecule has 0 spiro atoms. The molecule has 1 amide bonds. The van der Waals surface area contributed by atoms with Gasteiger partial charge in [0.15, 0.2) is 11.6 Å². The lowest BCUT2D eigenvalue weighted by atomic mass is 9.86. The molecule has 1 aromatic carbocycles. The van der Waals surface area contributed by atoms with E-state index in [0.717, 1.165) is 35.7 Å². The Morgan fingerprint density at radius 2 is 1.77 bits per heavy atom. The third-order valence-corrected chi connectivity index (χ3v) is 6.26. The van der Waals surface area contributed by atoms with Crippen LogP contribution in [0.2, 0.25) is 5.02 Å². The van der Waals surface area contributed by atoms with Crippen molar-refractivity contribution in [1.82, 2.24) is 20.0 Å². The molecule has 154 valence electrons. The summed E-state index contributed by atoms with van der Waals surface area (Å²) in [6.45, 7) is 3.98. The molecule has 1 atom stereocenters. The van der Waals surface area contributed by atoms with Crippen LogP contribution in [0.3, 0.4) is 0 Å². The first-order valence-corrected chi connectivity index (χ1v) is 10.7. The molecule has 30 heavy (non-hydrogen) atoms. The summed E-state index contributed by atoms with van der Waals surface area (Å²) in [6, 6.07) is 11.6. The van der Waals surface area contributed by atoms with Gasteiger partial charge in [-0.05, 0) is 49.9 Å². The molecular weight excluding hydrogens is 400 g/mol. The summed E-state index contributed by atoms with van der Waals surface area (Å²) in [7, 11) is 0. The van der Waals surface area contributed by atoms with Crippen LogP contribution in [0.1, 0.15) is 48.4 Å². The fourth-order valence-corrected chi connectivity index (χ4v) is 4.73. The minimum Gasteiger partial charge on any atom is -0.355 e. The van der Waals surface area contributed by atoms with Crippen LogP contribution in [0.25, 0.3) is 5.82 Å². The van der Waals surface area contributed by atoms with Crippen molar-refractivity contribution >= 4 is 29.1 Å². The number of hydrogen-bond acceptors (Lipinski definition) is 5. The second-order valence-corrected chi connectivity index (χ2v) is 8.29. The second kappa shape index (κ2) is 7.72. The molecule has 1 saturated heterocycles. The lowest BCUT2D eigenvalue weighted by Crippen LogP contribution is -2.30. The number of anilines is 2. The number of halogens is 1. The average molecular weight is 423 g/mol. The maximum absolute atomic E-state index is 12.5. The van der Waals surface area contributed by atoms with Crippen molar-refractivity contribution in [2.45, 2.75) is 38.5 Å². The smallest absolute Gasteiger partial charge is 0.226 e.